The minimum Gasteiger partial charge on any atom is -0.356 e. The molecule has 1 fully saturated rings. The average molecular weight is 236 g/mol. The normalized spacial score (nSPS) is 18.4. The van der Waals surface area contributed by atoms with Crippen molar-refractivity contribution in [2.45, 2.75) is 56.9 Å². The van der Waals surface area contributed by atoms with Crippen molar-refractivity contribution < 1.29 is 4.79 Å². The Morgan fingerprint density at radius 2 is 2.06 bits per heavy atom. The maximum absolute atomic E-state index is 11.8. The molecule has 0 heterocycles. The molecule has 17 heavy (non-hydrogen) atoms. The van der Waals surface area contributed by atoms with E-state index in [1.165, 1.54) is 19.3 Å². The Labute approximate surface area is 105 Å². The lowest BCUT2D eigenvalue weighted by atomic mass is 9.79. The molecule has 1 rings (SSSR count). The predicted octanol–water partition coefficient (Wildman–Crippen LogP) is 1.83. The zero-order chi connectivity index (χ0) is 12.6. The molecular formula is C14H24N2O. The fourth-order valence-electron chi connectivity index (χ4n) is 2.53. The third-order valence-corrected chi connectivity index (χ3v) is 3.66. The van der Waals surface area contributed by atoms with Crippen molar-refractivity contribution in [2.75, 3.05) is 13.6 Å². The second-order valence-corrected chi connectivity index (χ2v) is 4.93. The number of nitrogens with one attached hydrogen (secondary N) is 2. The molecule has 1 amide bonds. The first kappa shape index (κ1) is 14.1. The van der Waals surface area contributed by atoms with E-state index in [4.69, 9.17) is 6.42 Å². The van der Waals surface area contributed by atoms with Crippen molar-refractivity contribution in [3.8, 4) is 12.3 Å². The van der Waals surface area contributed by atoms with Crippen molar-refractivity contribution >= 4 is 5.91 Å². The van der Waals surface area contributed by atoms with Crippen LogP contribution in [0.3, 0.4) is 0 Å². The van der Waals surface area contributed by atoms with Crippen molar-refractivity contribution in [3.05, 3.63) is 0 Å². The molecule has 0 aromatic rings. The fourth-order valence-corrected chi connectivity index (χ4v) is 2.53. The number of unbranched alkanes of at least 4 members (excludes halogenated alkanes) is 1. The number of amides is 1. The largest absolute Gasteiger partial charge is 0.356 e. The van der Waals surface area contributed by atoms with E-state index in [0.29, 0.717) is 13.0 Å². The van der Waals surface area contributed by atoms with Crippen LogP contribution in [-0.2, 0) is 4.79 Å². The Morgan fingerprint density at radius 1 is 1.35 bits per heavy atom. The summed E-state index contributed by atoms with van der Waals surface area (Å²) < 4.78 is 0. The topological polar surface area (TPSA) is 41.1 Å². The van der Waals surface area contributed by atoms with Crippen molar-refractivity contribution in [1.29, 1.82) is 0 Å². The van der Waals surface area contributed by atoms with Gasteiger partial charge in [0.15, 0.2) is 0 Å². The minimum absolute atomic E-state index is 0.0362. The van der Waals surface area contributed by atoms with E-state index < -0.39 is 0 Å². The van der Waals surface area contributed by atoms with Gasteiger partial charge in [-0.25, -0.2) is 0 Å². The van der Waals surface area contributed by atoms with Gasteiger partial charge in [0.2, 0.25) is 5.91 Å². The zero-order valence-electron chi connectivity index (χ0n) is 10.8. The summed E-state index contributed by atoms with van der Waals surface area (Å²) in [5, 5.41) is 6.31. The summed E-state index contributed by atoms with van der Waals surface area (Å²) in [6.07, 6.45) is 13.3. The van der Waals surface area contributed by atoms with Crippen LogP contribution in [0, 0.1) is 12.3 Å². The van der Waals surface area contributed by atoms with Crippen LogP contribution < -0.4 is 10.6 Å². The van der Waals surface area contributed by atoms with Crippen LogP contribution in [0.15, 0.2) is 0 Å². The summed E-state index contributed by atoms with van der Waals surface area (Å²) in [5.41, 5.74) is 0.0362. The molecule has 0 radical (unpaired) electrons. The van der Waals surface area contributed by atoms with Crippen molar-refractivity contribution in [1.82, 2.24) is 10.6 Å². The Balaban J connectivity index is 2.30. The molecule has 2 N–H and O–H groups in total. The molecule has 0 atom stereocenters. The Kier molecular flexibility index (Phi) is 6.07. The Bertz CT molecular complexity index is 274. The third-order valence-electron chi connectivity index (χ3n) is 3.66. The van der Waals surface area contributed by atoms with Crippen LogP contribution in [0.4, 0.5) is 0 Å². The van der Waals surface area contributed by atoms with Crippen molar-refractivity contribution in [3.63, 3.8) is 0 Å². The number of hydrogen-bond donors (Lipinski definition) is 2. The summed E-state index contributed by atoms with van der Waals surface area (Å²) >= 11 is 0. The number of carbonyl (C=O) groups excluding carboxylic acids is 1. The van der Waals surface area contributed by atoms with Gasteiger partial charge in [-0.3, -0.25) is 4.79 Å². The van der Waals surface area contributed by atoms with Crippen LogP contribution in [0.5, 0.6) is 0 Å². The molecular weight excluding hydrogens is 212 g/mol. The molecule has 0 aromatic heterocycles. The zero-order valence-corrected chi connectivity index (χ0v) is 10.8. The van der Waals surface area contributed by atoms with Gasteiger partial charge in [0.1, 0.15) is 0 Å². The van der Waals surface area contributed by atoms with Gasteiger partial charge in [-0.05, 0) is 26.3 Å². The van der Waals surface area contributed by atoms with Gasteiger partial charge in [-0.2, -0.15) is 0 Å². The Hall–Kier alpha value is -1.01. The summed E-state index contributed by atoms with van der Waals surface area (Å²) in [5.74, 6) is 2.73. The minimum atomic E-state index is 0.0362. The maximum atomic E-state index is 11.8. The lowest BCUT2D eigenvalue weighted by Gasteiger charge is -2.36. The highest BCUT2D eigenvalue weighted by molar-refractivity contribution is 5.77. The van der Waals surface area contributed by atoms with E-state index in [1.54, 1.807) is 0 Å². The fraction of sp³-hybridized carbons (Fsp3) is 0.786. The van der Waals surface area contributed by atoms with Crippen LogP contribution >= 0.6 is 0 Å². The average Bonchev–Trinajstić information content (AvgIpc) is 2.36. The number of hydrogen-bond acceptors (Lipinski definition) is 2. The summed E-state index contributed by atoms with van der Waals surface area (Å²) in [6, 6.07) is 0. The van der Waals surface area contributed by atoms with Gasteiger partial charge in [-0.15, -0.1) is 12.3 Å². The first-order valence-electron chi connectivity index (χ1n) is 6.61. The second kappa shape index (κ2) is 7.34. The molecule has 3 nitrogen and oxygen atoms in total. The molecule has 96 valence electrons. The highest BCUT2D eigenvalue weighted by atomic mass is 16.1. The summed E-state index contributed by atoms with van der Waals surface area (Å²) in [4.78, 5) is 11.8. The van der Waals surface area contributed by atoms with E-state index in [9.17, 15) is 4.79 Å². The van der Waals surface area contributed by atoms with E-state index in [2.05, 4.69) is 16.6 Å². The van der Waals surface area contributed by atoms with Gasteiger partial charge in [0, 0.05) is 24.9 Å². The molecule has 0 saturated heterocycles. The lowest BCUT2D eigenvalue weighted by molar-refractivity contribution is -0.122. The van der Waals surface area contributed by atoms with Gasteiger partial charge in [-0.1, -0.05) is 19.3 Å². The highest BCUT2D eigenvalue weighted by Crippen LogP contribution is 2.30. The molecule has 1 aliphatic rings. The van der Waals surface area contributed by atoms with E-state index in [0.717, 1.165) is 25.7 Å². The standard InChI is InChI=1S/C14H24N2O/c1-3-4-8-11-16-13(17)12-14(15-2)9-6-5-7-10-14/h1,15H,4-12H2,2H3,(H,16,17). The van der Waals surface area contributed by atoms with Crippen molar-refractivity contribution in [2.24, 2.45) is 0 Å². The monoisotopic (exact) mass is 236 g/mol. The van der Waals surface area contributed by atoms with E-state index >= 15 is 0 Å². The van der Waals surface area contributed by atoms with E-state index in [1.807, 2.05) is 7.05 Å². The lowest BCUT2D eigenvalue weighted by Crippen LogP contribution is -2.48. The molecule has 0 unspecified atom stereocenters. The second-order valence-electron chi connectivity index (χ2n) is 4.93. The molecule has 3 heteroatoms. The SMILES string of the molecule is C#CCCCNC(=O)CC1(NC)CCCCC1. The molecule has 0 aromatic carbocycles. The van der Waals surface area contributed by atoms with E-state index in [-0.39, 0.29) is 11.4 Å². The summed E-state index contributed by atoms with van der Waals surface area (Å²) in [6.45, 7) is 0.697. The first-order valence-corrected chi connectivity index (χ1v) is 6.61. The van der Waals surface area contributed by atoms with Crippen LogP contribution in [0.1, 0.15) is 51.4 Å². The van der Waals surface area contributed by atoms with Crippen LogP contribution in [0.2, 0.25) is 0 Å². The highest BCUT2D eigenvalue weighted by Gasteiger charge is 2.32. The molecule has 0 aliphatic heterocycles. The third kappa shape index (κ3) is 4.79. The molecule has 1 aliphatic carbocycles. The van der Waals surface area contributed by atoms with Gasteiger partial charge < -0.3 is 10.6 Å². The quantitative estimate of drug-likeness (QED) is 0.545. The molecule has 0 bridgehead atoms. The van der Waals surface area contributed by atoms with Gasteiger partial charge in [0.05, 0.1) is 0 Å². The number of terminal acetylenes is 1. The van der Waals surface area contributed by atoms with Gasteiger partial charge >= 0.3 is 0 Å². The van der Waals surface area contributed by atoms with Crippen LogP contribution in [-0.4, -0.2) is 25.0 Å². The molecule has 1 saturated carbocycles. The number of rotatable bonds is 6. The van der Waals surface area contributed by atoms with Crippen LogP contribution in [0.25, 0.3) is 0 Å². The molecule has 0 spiro atoms. The summed E-state index contributed by atoms with van der Waals surface area (Å²) in [7, 11) is 1.97. The Morgan fingerprint density at radius 3 is 2.65 bits per heavy atom. The maximum Gasteiger partial charge on any atom is 0.221 e. The smallest absolute Gasteiger partial charge is 0.221 e. The predicted molar refractivity (Wildman–Crippen MR) is 70.6 cm³/mol. The first-order chi connectivity index (χ1) is 8.22. The van der Waals surface area contributed by atoms with Gasteiger partial charge in [0.25, 0.3) is 0 Å². The number of carbonyl (C=O) groups is 1.